The minimum atomic E-state index is -0.359. The van der Waals surface area contributed by atoms with E-state index in [-0.39, 0.29) is 24.4 Å². The van der Waals surface area contributed by atoms with Crippen LogP contribution < -0.4 is 4.74 Å². The molecule has 244 valence electrons. The van der Waals surface area contributed by atoms with Crippen LogP contribution >= 0.6 is 22.9 Å². The Kier molecular flexibility index (Phi) is 15.3. The van der Waals surface area contributed by atoms with Gasteiger partial charge in [-0.25, -0.2) is 0 Å². The molecule has 44 heavy (non-hydrogen) atoms. The fourth-order valence-electron chi connectivity index (χ4n) is 5.59. The van der Waals surface area contributed by atoms with E-state index >= 15 is 0 Å². The number of rotatable bonds is 20. The smallest absolute Gasteiger partial charge is 0.126 e. The molecule has 0 saturated carbocycles. The van der Waals surface area contributed by atoms with Gasteiger partial charge in [0.15, 0.2) is 0 Å². The van der Waals surface area contributed by atoms with Crippen LogP contribution in [0.3, 0.4) is 0 Å². The third-order valence-electron chi connectivity index (χ3n) is 8.17. The molecule has 5 nitrogen and oxygen atoms in total. The highest BCUT2D eigenvalue weighted by molar-refractivity contribution is 7.19. The summed E-state index contributed by atoms with van der Waals surface area (Å²) in [6, 6.07) is 15.0. The van der Waals surface area contributed by atoms with Crippen molar-refractivity contribution < 1.29 is 23.7 Å². The van der Waals surface area contributed by atoms with Gasteiger partial charge in [0, 0.05) is 52.8 Å². The predicted octanol–water partition coefficient (Wildman–Crippen LogP) is 10.3. The van der Waals surface area contributed by atoms with Crippen molar-refractivity contribution in [2.45, 2.75) is 116 Å². The third kappa shape index (κ3) is 10.2. The van der Waals surface area contributed by atoms with E-state index in [0.29, 0.717) is 31.5 Å². The molecule has 0 spiro atoms. The van der Waals surface area contributed by atoms with Gasteiger partial charge in [-0.2, -0.15) is 0 Å². The molecule has 2 aromatic carbocycles. The quantitative estimate of drug-likeness (QED) is 0.115. The Morgan fingerprint density at radius 2 is 1.55 bits per heavy atom. The molecule has 1 fully saturated rings. The summed E-state index contributed by atoms with van der Waals surface area (Å²) in [6.07, 6.45) is 9.04. The Morgan fingerprint density at radius 1 is 0.841 bits per heavy atom. The molecule has 0 N–H and O–H groups in total. The first-order chi connectivity index (χ1) is 21.6. The van der Waals surface area contributed by atoms with E-state index in [9.17, 15) is 0 Å². The Hall–Kier alpha value is -1.67. The number of halogens is 1. The summed E-state index contributed by atoms with van der Waals surface area (Å²) < 4.78 is 34.0. The number of benzene rings is 2. The van der Waals surface area contributed by atoms with Crippen molar-refractivity contribution in [1.82, 2.24) is 0 Å². The van der Waals surface area contributed by atoms with E-state index in [1.165, 1.54) is 15.0 Å². The molecule has 1 aromatic heterocycles. The van der Waals surface area contributed by atoms with Crippen LogP contribution in [0.4, 0.5) is 0 Å². The monoisotopic (exact) mass is 644 g/mol. The van der Waals surface area contributed by atoms with Gasteiger partial charge < -0.3 is 23.7 Å². The van der Waals surface area contributed by atoms with Gasteiger partial charge in [-0.15, -0.1) is 11.3 Å². The highest BCUT2D eigenvalue weighted by Gasteiger charge is 2.42. The molecular weight excluding hydrogens is 592 g/mol. The molecule has 1 aliphatic heterocycles. The first kappa shape index (κ1) is 35.2. The minimum absolute atomic E-state index is 0.0952. The summed E-state index contributed by atoms with van der Waals surface area (Å²) in [5.74, 6) is 0.775. The Labute approximate surface area is 274 Å². The molecule has 3 aromatic rings. The summed E-state index contributed by atoms with van der Waals surface area (Å²) in [7, 11) is 0. The summed E-state index contributed by atoms with van der Waals surface area (Å²) in [5, 5.41) is 1.98. The minimum Gasteiger partial charge on any atom is -0.493 e. The zero-order valence-corrected chi connectivity index (χ0v) is 28.9. The lowest BCUT2D eigenvalue weighted by atomic mass is 9.90. The van der Waals surface area contributed by atoms with E-state index in [4.69, 9.17) is 35.3 Å². The van der Waals surface area contributed by atoms with Gasteiger partial charge >= 0.3 is 0 Å². The molecule has 0 bridgehead atoms. The van der Waals surface area contributed by atoms with Gasteiger partial charge in [-0.3, -0.25) is 0 Å². The highest BCUT2D eigenvalue weighted by Crippen LogP contribution is 2.42. The van der Waals surface area contributed by atoms with E-state index in [2.05, 4.69) is 64.1 Å². The Morgan fingerprint density at radius 3 is 2.30 bits per heavy atom. The number of fused-ring (bicyclic) bond motifs is 1. The zero-order valence-electron chi connectivity index (χ0n) is 27.3. The highest BCUT2D eigenvalue weighted by atomic mass is 35.5. The molecule has 7 heteroatoms. The molecule has 1 aliphatic rings. The SMILES string of the molecule is CCCCOC[C@@H]1C[C@H](OCCCC)[C@@H](OCCCC)[C@H](c2cc(Cc3cc4ccccc4s3)c(Cl)cc2OCCCC)O1. The van der Waals surface area contributed by atoms with Gasteiger partial charge in [-0.1, -0.05) is 83.2 Å². The van der Waals surface area contributed by atoms with Crippen LogP contribution in [0.5, 0.6) is 5.75 Å². The maximum absolute atomic E-state index is 6.99. The lowest BCUT2D eigenvalue weighted by Crippen LogP contribution is -2.48. The maximum atomic E-state index is 6.99. The molecule has 1 saturated heterocycles. The second kappa shape index (κ2) is 19.1. The van der Waals surface area contributed by atoms with Crippen molar-refractivity contribution in [3.8, 4) is 5.75 Å². The van der Waals surface area contributed by atoms with Crippen molar-refractivity contribution >= 4 is 33.0 Å². The first-order valence-corrected chi connectivity index (χ1v) is 18.2. The Balaban J connectivity index is 1.71. The summed E-state index contributed by atoms with van der Waals surface area (Å²) in [6.45, 7) is 12.0. The molecule has 2 heterocycles. The van der Waals surface area contributed by atoms with Crippen molar-refractivity contribution in [1.29, 1.82) is 0 Å². The van der Waals surface area contributed by atoms with Crippen molar-refractivity contribution in [3.63, 3.8) is 0 Å². The largest absolute Gasteiger partial charge is 0.493 e. The molecule has 0 amide bonds. The van der Waals surface area contributed by atoms with E-state index < -0.39 is 0 Å². The molecule has 4 rings (SSSR count). The van der Waals surface area contributed by atoms with Crippen molar-refractivity contribution in [3.05, 3.63) is 63.5 Å². The standard InChI is InChI=1S/C37H53ClO5S/c1-5-9-17-39-26-29-24-34(41-19-11-7-3)37(42-20-12-8-4)36(43-29)31-23-28(32(38)25-33(31)40-18-10-6-2)22-30-21-27-15-13-14-16-35(27)44-30/h13-16,21,23,25,29,34,36-37H,5-12,17-20,22,24,26H2,1-4H3/t29-,34-,36-,37+/m0/s1. The van der Waals surface area contributed by atoms with Gasteiger partial charge in [0.05, 0.1) is 25.4 Å². The number of hydrogen-bond acceptors (Lipinski definition) is 6. The zero-order chi connectivity index (χ0) is 31.1. The summed E-state index contributed by atoms with van der Waals surface area (Å²) in [4.78, 5) is 1.28. The summed E-state index contributed by atoms with van der Waals surface area (Å²) >= 11 is 8.81. The van der Waals surface area contributed by atoms with E-state index in [1.807, 2.05) is 17.4 Å². The van der Waals surface area contributed by atoms with Crippen molar-refractivity contribution in [2.24, 2.45) is 0 Å². The topological polar surface area (TPSA) is 46.2 Å². The molecule has 0 radical (unpaired) electrons. The lowest BCUT2D eigenvalue weighted by Gasteiger charge is -2.42. The second-order valence-corrected chi connectivity index (χ2v) is 13.5. The predicted molar refractivity (Wildman–Crippen MR) is 184 cm³/mol. The fraction of sp³-hybridized carbons (Fsp3) is 0.622. The fourth-order valence-corrected chi connectivity index (χ4v) is 6.90. The number of hydrogen-bond donors (Lipinski definition) is 0. The van der Waals surface area contributed by atoms with E-state index in [1.54, 1.807) is 0 Å². The van der Waals surface area contributed by atoms with Crippen LogP contribution in [0, 0.1) is 0 Å². The van der Waals surface area contributed by atoms with Crippen LogP contribution in [0.2, 0.25) is 5.02 Å². The van der Waals surface area contributed by atoms with Gasteiger partial charge in [0.1, 0.15) is 18.0 Å². The second-order valence-electron chi connectivity index (χ2n) is 11.9. The lowest BCUT2D eigenvalue weighted by molar-refractivity contribution is -0.213. The van der Waals surface area contributed by atoms with Gasteiger partial charge in [0.2, 0.25) is 0 Å². The van der Waals surface area contributed by atoms with Crippen LogP contribution in [0.1, 0.15) is 108 Å². The number of ether oxygens (including phenoxy) is 5. The Bertz CT molecular complexity index is 1210. The van der Waals surface area contributed by atoms with Crippen molar-refractivity contribution in [2.75, 3.05) is 33.0 Å². The van der Waals surface area contributed by atoms with Crippen LogP contribution in [-0.2, 0) is 25.4 Å². The average Bonchev–Trinajstić information content (AvgIpc) is 3.44. The number of thiophene rings is 1. The van der Waals surface area contributed by atoms with Gasteiger partial charge in [-0.05, 0) is 60.9 Å². The maximum Gasteiger partial charge on any atom is 0.126 e. The average molecular weight is 645 g/mol. The normalized spacial score (nSPS) is 20.4. The number of unbranched alkanes of at least 4 members (excludes halogenated alkanes) is 4. The first-order valence-electron chi connectivity index (χ1n) is 17.0. The molecule has 0 unspecified atom stereocenters. The third-order valence-corrected chi connectivity index (χ3v) is 9.63. The molecule has 4 atom stereocenters. The van der Waals surface area contributed by atoms with Crippen LogP contribution in [0.15, 0.2) is 42.5 Å². The van der Waals surface area contributed by atoms with Crippen LogP contribution in [-0.4, -0.2) is 51.3 Å². The molecule has 0 aliphatic carbocycles. The van der Waals surface area contributed by atoms with Gasteiger partial charge in [0.25, 0.3) is 0 Å². The van der Waals surface area contributed by atoms with Crippen LogP contribution in [0.25, 0.3) is 10.1 Å². The van der Waals surface area contributed by atoms with E-state index in [0.717, 1.165) is 87.7 Å². The summed E-state index contributed by atoms with van der Waals surface area (Å²) in [5.41, 5.74) is 2.06. The molecular formula is C37H53ClO5S.